The van der Waals surface area contributed by atoms with E-state index in [1.165, 1.54) is 0 Å². The molecule has 1 aromatic rings. The highest BCUT2D eigenvalue weighted by atomic mass is 19.4. The molecule has 0 radical (unpaired) electrons. The van der Waals surface area contributed by atoms with Crippen molar-refractivity contribution in [2.24, 2.45) is 5.92 Å². The van der Waals surface area contributed by atoms with Gasteiger partial charge in [-0.3, -0.25) is 9.59 Å². The molecule has 2 atom stereocenters. The number of hydrogen-bond acceptors (Lipinski definition) is 5. The average Bonchev–Trinajstić information content (AvgIpc) is 2.95. The third-order valence-corrected chi connectivity index (χ3v) is 4.56. The van der Waals surface area contributed by atoms with Gasteiger partial charge in [0.05, 0.1) is 5.92 Å². The van der Waals surface area contributed by atoms with Crippen LogP contribution in [0.4, 0.5) is 19.1 Å². The normalized spacial score (nSPS) is 24.0. The van der Waals surface area contributed by atoms with Gasteiger partial charge in [0.1, 0.15) is 6.54 Å². The number of nitrogens with one attached hydrogen (secondary N) is 1. The minimum Gasteiger partial charge on any atom is -0.351 e. The van der Waals surface area contributed by atoms with Crippen LogP contribution in [-0.2, 0) is 9.59 Å². The van der Waals surface area contributed by atoms with E-state index in [-0.39, 0.29) is 24.9 Å². The van der Waals surface area contributed by atoms with Crippen molar-refractivity contribution >= 4 is 17.8 Å². The zero-order chi connectivity index (χ0) is 18.7. The Morgan fingerprint density at radius 1 is 1.27 bits per heavy atom. The smallest absolute Gasteiger partial charge is 0.351 e. The van der Waals surface area contributed by atoms with E-state index in [2.05, 4.69) is 15.3 Å². The van der Waals surface area contributed by atoms with Crippen molar-refractivity contribution in [3.8, 4) is 0 Å². The molecule has 0 spiro atoms. The Kier molecular flexibility index (Phi) is 5.28. The van der Waals surface area contributed by atoms with Crippen LogP contribution in [0.5, 0.6) is 0 Å². The second-order valence-corrected chi connectivity index (χ2v) is 6.63. The molecule has 0 saturated carbocycles. The van der Waals surface area contributed by atoms with Gasteiger partial charge in [0, 0.05) is 44.5 Å². The maximum atomic E-state index is 12.5. The van der Waals surface area contributed by atoms with Gasteiger partial charge in [-0.25, -0.2) is 9.97 Å². The molecule has 2 saturated heterocycles. The topological polar surface area (TPSA) is 78.4 Å². The van der Waals surface area contributed by atoms with Gasteiger partial charge >= 0.3 is 6.18 Å². The number of halogens is 3. The molecule has 142 valence electrons. The lowest BCUT2D eigenvalue weighted by atomic mass is 10.0. The first-order chi connectivity index (χ1) is 12.3. The van der Waals surface area contributed by atoms with Gasteiger partial charge in [0.25, 0.3) is 0 Å². The highest BCUT2D eigenvalue weighted by Crippen LogP contribution is 2.24. The first-order valence-corrected chi connectivity index (χ1v) is 8.49. The van der Waals surface area contributed by atoms with Gasteiger partial charge in [-0.2, -0.15) is 13.2 Å². The average molecular weight is 371 g/mol. The lowest BCUT2D eigenvalue weighted by Crippen LogP contribution is -2.50. The molecule has 2 fully saturated rings. The number of carbonyl (C=O) groups is 2. The molecule has 1 N–H and O–H groups in total. The number of hydrogen-bond donors (Lipinski definition) is 1. The Labute approximate surface area is 148 Å². The van der Waals surface area contributed by atoms with Gasteiger partial charge in [0.15, 0.2) is 0 Å². The molecule has 26 heavy (non-hydrogen) atoms. The monoisotopic (exact) mass is 371 g/mol. The van der Waals surface area contributed by atoms with Gasteiger partial charge in [-0.15, -0.1) is 0 Å². The van der Waals surface area contributed by atoms with E-state index in [9.17, 15) is 22.8 Å². The van der Waals surface area contributed by atoms with Crippen molar-refractivity contribution < 1.29 is 22.8 Å². The van der Waals surface area contributed by atoms with E-state index in [1.54, 1.807) is 18.5 Å². The fourth-order valence-corrected chi connectivity index (χ4v) is 3.37. The van der Waals surface area contributed by atoms with E-state index in [0.717, 1.165) is 19.4 Å². The van der Waals surface area contributed by atoms with Gasteiger partial charge in [0.2, 0.25) is 17.8 Å². The lowest BCUT2D eigenvalue weighted by Gasteiger charge is -2.33. The van der Waals surface area contributed by atoms with Crippen LogP contribution in [0.1, 0.15) is 19.3 Å². The van der Waals surface area contributed by atoms with Crippen LogP contribution < -0.4 is 10.2 Å². The standard InChI is InChI=1S/C16H20F3N5O2/c17-16(18,19)10-24-8-11(7-13(24)25)14(26)22-12-3-1-6-23(9-12)15-20-4-2-5-21-15/h2,4-5,11-12H,1,3,6-10H2,(H,22,26). The fraction of sp³-hybridized carbons (Fsp3) is 0.625. The number of aromatic nitrogens is 2. The maximum absolute atomic E-state index is 12.5. The first-order valence-electron chi connectivity index (χ1n) is 8.49. The summed E-state index contributed by atoms with van der Waals surface area (Å²) in [5.74, 6) is -1.17. The van der Waals surface area contributed by atoms with Gasteiger partial charge in [-0.1, -0.05) is 0 Å². The molecule has 0 aromatic carbocycles. The number of rotatable bonds is 4. The van der Waals surface area contributed by atoms with E-state index in [4.69, 9.17) is 0 Å². The molecule has 0 bridgehead atoms. The summed E-state index contributed by atoms with van der Waals surface area (Å²) in [6.07, 6.45) is 0.254. The van der Waals surface area contributed by atoms with Crippen LogP contribution >= 0.6 is 0 Å². The predicted molar refractivity (Wildman–Crippen MR) is 86.2 cm³/mol. The number of carbonyl (C=O) groups excluding carboxylic acids is 2. The van der Waals surface area contributed by atoms with E-state index < -0.39 is 24.5 Å². The largest absolute Gasteiger partial charge is 0.406 e. The van der Waals surface area contributed by atoms with Crippen LogP contribution in [0, 0.1) is 5.92 Å². The SMILES string of the molecule is O=C(NC1CCCN(c2ncccn2)C1)C1CC(=O)N(CC(F)(F)F)C1. The maximum Gasteiger partial charge on any atom is 0.406 e. The van der Waals surface area contributed by atoms with E-state index >= 15 is 0 Å². The van der Waals surface area contributed by atoms with Crippen LogP contribution in [0.15, 0.2) is 18.5 Å². The van der Waals surface area contributed by atoms with Gasteiger partial charge in [-0.05, 0) is 18.9 Å². The summed E-state index contributed by atoms with van der Waals surface area (Å²) in [5.41, 5.74) is 0. The van der Waals surface area contributed by atoms with Crippen molar-refractivity contribution in [3.63, 3.8) is 0 Å². The Morgan fingerprint density at radius 2 is 2.00 bits per heavy atom. The fourth-order valence-electron chi connectivity index (χ4n) is 3.37. The Morgan fingerprint density at radius 3 is 2.69 bits per heavy atom. The minimum atomic E-state index is -4.46. The number of amides is 2. The second kappa shape index (κ2) is 7.46. The molecule has 2 amide bonds. The first kappa shape index (κ1) is 18.4. The number of alkyl halides is 3. The van der Waals surface area contributed by atoms with Crippen molar-refractivity contribution in [2.75, 3.05) is 31.1 Å². The molecule has 3 heterocycles. The summed E-state index contributed by atoms with van der Waals surface area (Å²) in [6.45, 7) is -0.194. The molecule has 3 rings (SSSR count). The molecule has 10 heteroatoms. The molecule has 2 aliphatic rings. The third-order valence-electron chi connectivity index (χ3n) is 4.56. The molecular formula is C16H20F3N5O2. The Hall–Kier alpha value is -2.39. The molecule has 0 aliphatic carbocycles. The molecule has 2 unspecified atom stereocenters. The van der Waals surface area contributed by atoms with Crippen molar-refractivity contribution in [2.45, 2.75) is 31.5 Å². The third kappa shape index (κ3) is 4.61. The highest BCUT2D eigenvalue weighted by molar-refractivity contribution is 5.89. The number of anilines is 1. The predicted octanol–water partition coefficient (Wildman–Crippen LogP) is 0.972. The molecule has 1 aromatic heterocycles. The zero-order valence-electron chi connectivity index (χ0n) is 14.1. The summed E-state index contributed by atoms with van der Waals surface area (Å²) >= 11 is 0. The van der Waals surface area contributed by atoms with Crippen LogP contribution in [0.3, 0.4) is 0 Å². The number of likely N-dealkylation sites (tertiary alicyclic amines) is 1. The quantitative estimate of drug-likeness (QED) is 0.854. The zero-order valence-corrected chi connectivity index (χ0v) is 14.1. The van der Waals surface area contributed by atoms with Crippen LogP contribution in [-0.4, -0.2) is 65.1 Å². The molecular weight excluding hydrogens is 351 g/mol. The van der Waals surface area contributed by atoms with Crippen molar-refractivity contribution in [1.82, 2.24) is 20.2 Å². The van der Waals surface area contributed by atoms with Crippen LogP contribution in [0.25, 0.3) is 0 Å². The summed E-state index contributed by atoms with van der Waals surface area (Å²) in [5, 5.41) is 2.87. The van der Waals surface area contributed by atoms with Crippen LogP contribution in [0.2, 0.25) is 0 Å². The summed E-state index contributed by atoms with van der Waals surface area (Å²) in [6, 6.07) is 1.57. The van der Waals surface area contributed by atoms with E-state index in [0.29, 0.717) is 17.4 Å². The van der Waals surface area contributed by atoms with Crippen molar-refractivity contribution in [3.05, 3.63) is 18.5 Å². The molecule has 2 aliphatic heterocycles. The Bertz CT molecular complexity index is 655. The minimum absolute atomic E-state index is 0.146. The van der Waals surface area contributed by atoms with E-state index in [1.807, 2.05) is 4.90 Å². The second-order valence-electron chi connectivity index (χ2n) is 6.63. The summed E-state index contributed by atoms with van der Waals surface area (Å²) in [7, 11) is 0. The molecule has 7 nitrogen and oxygen atoms in total. The lowest BCUT2D eigenvalue weighted by molar-refractivity contribution is -0.157. The number of nitrogens with zero attached hydrogens (tertiary/aromatic N) is 4. The summed E-state index contributed by atoms with van der Waals surface area (Å²) in [4.78, 5) is 35.2. The Balaban J connectivity index is 1.54. The van der Waals surface area contributed by atoms with Crippen molar-refractivity contribution in [1.29, 1.82) is 0 Å². The van der Waals surface area contributed by atoms with Gasteiger partial charge < -0.3 is 15.1 Å². The highest BCUT2D eigenvalue weighted by Gasteiger charge is 2.41. The number of piperidine rings is 1. The summed E-state index contributed by atoms with van der Waals surface area (Å²) < 4.78 is 37.4.